The van der Waals surface area contributed by atoms with Crippen LogP contribution in [0.25, 0.3) is 11.3 Å². The van der Waals surface area contributed by atoms with Crippen molar-refractivity contribution in [3.05, 3.63) is 30.0 Å². The molecule has 18 heavy (non-hydrogen) atoms. The fraction of sp³-hybridized carbons (Fsp3) is 0.357. The van der Waals surface area contributed by atoms with Crippen LogP contribution in [0.15, 0.2) is 24.3 Å². The molecule has 0 aliphatic rings. The molecule has 2 rings (SSSR count). The minimum atomic E-state index is 0.208. The molecule has 2 aromatic rings. The summed E-state index contributed by atoms with van der Waals surface area (Å²) in [4.78, 5) is 0. The van der Waals surface area contributed by atoms with Crippen molar-refractivity contribution in [2.24, 2.45) is 0 Å². The van der Waals surface area contributed by atoms with E-state index in [1.165, 1.54) is 0 Å². The smallest absolute Gasteiger partial charge is 0.164 e. The number of benzene rings is 1. The molecule has 4 heteroatoms. The molecule has 0 saturated heterocycles. The molecule has 4 nitrogen and oxygen atoms in total. The molecule has 0 unspecified atom stereocenters. The topological polar surface area (TPSA) is 47.3 Å². The molecule has 0 spiro atoms. The maximum Gasteiger partial charge on any atom is 0.164 e. The lowest BCUT2D eigenvalue weighted by Gasteiger charge is -2.07. The highest BCUT2D eigenvalue weighted by atomic mass is 16.5. The van der Waals surface area contributed by atoms with Gasteiger partial charge in [-0.3, -0.25) is 4.68 Å². The normalized spacial score (nSPS) is 10.9. The van der Waals surface area contributed by atoms with E-state index in [1.807, 2.05) is 49.7 Å². The van der Waals surface area contributed by atoms with Gasteiger partial charge in [0.1, 0.15) is 11.4 Å². The Morgan fingerprint density at radius 3 is 2.50 bits per heavy atom. The zero-order valence-electron chi connectivity index (χ0n) is 11.1. The van der Waals surface area contributed by atoms with Crippen LogP contribution in [0.4, 0.5) is 0 Å². The zero-order chi connectivity index (χ0) is 13.3. The summed E-state index contributed by atoms with van der Waals surface area (Å²) in [6.45, 7) is 5.93. The van der Waals surface area contributed by atoms with Gasteiger partial charge in [-0.25, -0.2) is 0 Å². The first-order valence-corrected chi connectivity index (χ1v) is 5.97. The Kier molecular flexibility index (Phi) is 3.28. The molecule has 1 aromatic carbocycles. The Balaban J connectivity index is 2.61. The molecule has 0 bridgehead atoms. The molecular formula is C14H18N2O2. The Bertz CT molecular complexity index is 559. The molecule has 0 fully saturated rings. The molecule has 0 aliphatic carbocycles. The standard InChI is InChI=1S/C14H18N2O2/c1-9(2)16-10(3)14(17)13(15-16)11-7-5-6-8-12(11)18-4/h5-9,17H,1-4H3. The summed E-state index contributed by atoms with van der Waals surface area (Å²) in [5.41, 5.74) is 2.14. The van der Waals surface area contributed by atoms with E-state index in [0.717, 1.165) is 11.3 Å². The van der Waals surface area contributed by atoms with Crippen LogP contribution in [0.5, 0.6) is 11.5 Å². The molecule has 1 N–H and O–H groups in total. The van der Waals surface area contributed by atoms with Crippen LogP contribution in [0.2, 0.25) is 0 Å². The van der Waals surface area contributed by atoms with Crippen molar-refractivity contribution in [1.29, 1.82) is 0 Å². The number of hydrogen-bond acceptors (Lipinski definition) is 3. The summed E-state index contributed by atoms with van der Waals surface area (Å²) in [6, 6.07) is 7.76. The zero-order valence-corrected chi connectivity index (χ0v) is 11.1. The van der Waals surface area contributed by atoms with Gasteiger partial charge in [0.25, 0.3) is 0 Å². The van der Waals surface area contributed by atoms with Crippen LogP contribution < -0.4 is 4.74 Å². The van der Waals surface area contributed by atoms with Crippen molar-refractivity contribution in [2.75, 3.05) is 7.11 Å². The number of methoxy groups -OCH3 is 1. The summed E-state index contributed by atoms with van der Waals surface area (Å²) in [5, 5.41) is 14.7. The molecule has 1 heterocycles. The predicted octanol–water partition coefficient (Wildman–Crippen LogP) is 3.15. The van der Waals surface area contributed by atoms with Gasteiger partial charge in [0.2, 0.25) is 0 Å². The van der Waals surface area contributed by atoms with E-state index in [4.69, 9.17) is 4.74 Å². The first-order valence-electron chi connectivity index (χ1n) is 5.97. The molecular weight excluding hydrogens is 228 g/mol. The Hall–Kier alpha value is -1.97. The van der Waals surface area contributed by atoms with Crippen molar-refractivity contribution >= 4 is 0 Å². The van der Waals surface area contributed by atoms with Crippen molar-refractivity contribution in [1.82, 2.24) is 9.78 Å². The monoisotopic (exact) mass is 246 g/mol. The maximum absolute atomic E-state index is 10.2. The summed E-state index contributed by atoms with van der Waals surface area (Å²) in [5.74, 6) is 0.925. The van der Waals surface area contributed by atoms with E-state index in [0.29, 0.717) is 11.4 Å². The lowest BCUT2D eigenvalue weighted by atomic mass is 10.1. The van der Waals surface area contributed by atoms with Crippen LogP contribution in [-0.4, -0.2) is 22.0 Å². The second kappa shape index (κ2) is 4.72. The third kappa shape index (κ3) is 1.94. The Morgan fingerprint density at radius 2 is 1.94 bits per heavy atom. The van der Waals surface area contributed by atoms with Gasteiger partial charge < -0.3 is 9.84 Å². The maximum atomic E-state index is 10.2. The average Bonchev–Trinajstić information content (AvgIpc) is 2.66. The number of aromatic nitrogens is 2. The number of aromatic hydroxyl groups is 1. The number of para-hydroxylation sites is 1. The van der Waals surface area contributed by atoms with E-state index in [2.05, 4.69) is 5.10 Å². The van der Waals surface area contributed by atoms with Crippen LogP contribution >= 0.6 is 0 Å². The second-order valence-electron chi connectivity index (χ2n) is 4.52. The van der Waals surface area contributed by atoms with Gasteiger partial charge in [-0.2, -0.15) is 5.10 Å². The summed E-state index contributed by atoms with van der Waals surface area (Å²) in [7, 11) is 1.61. The highest BCUT2D eigenvalue weighted by Gasteiger charge is 2.19. The van der Waals surface area contributed by atoms with Gasteiger partial charge in [0.15, 0.2) is 5.75 Å². The van der Waals surface area contributed by atoms with E-state index >= 15 is 0 Å². The summed E-state index contributed by atoms with van der Waals surface area (Å²) in [6.07, 6.45) is 0. The van der Waals surface area contributed by atoms with Crippen LogP contribution in [0, 0.1) is 6.92 Å². The summed E-state index contributed by atoms with van der Waals surface area (Å²) < 4.78 is 7.12. The van der Waals surface area contributed by atoms with Gasteiger partial charge in [0.05, 0.1) is 12.8 Å². The largest absolute Gasteiger partial charge is 0.504 e. The highest BCUT2D eigenvalue weighted by molar-refractivity contribution is 5.72. The van der Waals surface area contributed by atoms with Gasteiger partial charge in [-0.05, 0) is 32.9 Å². The molecule has 1 aromatic heterocycles. The lowest BCUT2D eigenvalue weighted by Crippen LogP contribution is -2.04. The minimum absolute atomic E-state index is 0.208. The lowest BCUT2D eigenvalue weighted by molar-refractivity contribution is 0.415. The molecule has 0 atom stereocenters. The number of nitrogens with zero attached hydrogens (tertiary/aromatic N) is 2. The van der Waals surface area contributed by atoms with Gasteiger partial charge in [-0.15, -0.1) is 0 Å². The Morgan fingerprint density at radius 1 is 1.28 bits per heavy atom. The van der Waals surface area contributed by atoms with Gasteiger partial charge in [-0.1, -0.05) is 12.1 Å². The third-order valence-corrected chi connectivity index (χ3v) is 2.97. The van der Waals surface area contributed by atoms with Crippen LogP contribution in [-0.2, 0) is 0 Å². The minimum Gasteiger partial charge on any atom is -0.504 e. The quantitative estimate of drug-likeness (QED) is 0.905. The average molecular weight is 246 g/mol. The second-order valence-corrected chi connectivity index (χ2v) is 4.52. The number of ether oxygens (including phenoxy) is 1. The number of rotatable bonds is 3. The SMILES string of the molecule is COc1ccccc1-c1nn(C(C)C)c(C)c1O. The molecule has 96 valence electrons. The van der Waals surface area contributed by atoms with Crippen molar-refractivity contribution < 1.29 is 9.84 Å². The van der Waals surface area contributed by atoms with Gasteiger partial charge >= 0.3 is 0 Å². The first kappa shape index (κ1) is 12.5. The third-order valence-electron chi connectivity index (χ3n) is 2.97. The van der Waals surface area contributed by atoms with Crippen LogP contribution in [0.1, 0.15) is 25.6 Å². The van der Waals surface area contributed by atoms with Gasteiger partial charge in [0, 0.05) is 11.6 Å². The van der Waals surface area contributed by atoms with Crippen molar-refractivity contribution in [2.45, 2.75) is 26.8 Å². The van der Waals surface area contributed by atoms with Crippen LogP contribution in [0.3, 0.4) is 0 Å². The van der Waals surface area contributed by atoms with E-state index in [9.17, 15) is 5.11 Å². The van der Waals surface area contributed by atoms with E-state index in [1.54, 1.807) is 7.11 Å². The fourth-order valence-corrected chi connectivity index (χ4v) is 2.03. The first-order chi connectivity index (χ1) is 8.56. The summed E-state index contributed by atoms with van der Waals surface area (Å²) >= 11 is 0. The molecule has 0 saturated carbocycles. The fourth-order valence-electron chi connectivity index (χ4n) is 2.03. The van der Waals surface area contributed by atoms with E-state index in [-0.39, 0.29) is 11.8 Å². The molecule has 0 radical (unpaired) electrons. The van der Waals surface area contributed by atoms with Crippen molar-refractivity contribution in [3.8, 4) is 22.8 Å². The highest BCUT2D eigenvalue weighted by Crippen LogP contribution is 2.37. The molecule has 0 amide bonds. The van der Waals surface area contributed by atoms with Crippen molar-refractivity contribution in [3.63, 3.8) is 0 Å². The predicted molar refractivity (Wildman–Crippen MR) is 71.0 cm³/mol. The molecule has 0 aliphatic heterocycles. The number of hydrogen-bond donors (Lipinski definition) is 1. The Labute approximate surface area is 107 Å². The van der Waals surface area contributed by atoms with E-state index < -0.39 is 0 Å².